The van der Waals surface area contributed by atoms with Crippen LogP contribution in [0.25, 0.3) is 0 Å². The van der Waals surface area contributed by atoms with Crippen LogP contribution in [0.4, 0.5) is 0 Å². The van der Waals surface area contributed by atoms with Gasteiger partial charge in [-0.1, -0.05) is 33.1 Å². The third kappa shape index (κ3) is 7.48. The monoisotopic (exact) mass is 311 g/mol. The number of hydrogen-bond donors (Lipinski definition) is 1. The maximum atomic E-state index is 5.43. The summed E-state index contributed by atoms with van der Waals surface area (Å²) in [5, 5.41) is 3.57. The summed E-state index contributed by atoms with van der Waals surface area (Å²) in [5.41, 5.74) is 0. The zero-order chi connectivity index (χ0) is 16.2. The molecule has 0 aromatic carbocycles. The highest BCUT2D eigenvalue weighted by Gasteiger charge is 2.16. The topological polar surface area (TPSA) is 36.9 Å². The molecule has 0 aromatic heterocycles. The van der Waals surface area contributed by atoms with Crippen LogP contribution < -0.4 is 5.32 Å². The van der Waals surface area contributed by atoms with Crippen LogP contribution >= 0.6 is 0 Å². The minimum absolute atomic E-state index is 0.764. The molecule has 0 bridgehead atoms. The Kier molecular flexibility index (Phi) is 10.3. The van der Waals surface area contributed by atoms with Crippen LogP contribution in [0.3, 0.4) is 0 Å². The van der Waals surface area contributed by atoms with E-state index in [0.717, 1.165) is 44.1 Å². The van der Waals surface area contributed by atoms with Crippen molar-refractivity contribution in [2.45, 2.75) is 58.8 Å². The van der Waals surface area contributed by atoms with Gasteiger partial charge in [0.2, 0.25) is 0 Å². The van der Waals surface area contributed by atoms with Crippen LogP contribution in [-0.4, -0.2) is 51.3 Å². The molecule has 0 aliphatic carbocycles. The van der Waals surface area contributed by atoms with Crippen molar-refractivity contribution in [3.8, 4) is 0 Å². The summed E-state index contributed by atoms with van der Waals surface area (Å²) in [7, 11) is 4.04. The molecule has 22 heavy (non-hydrogen) atoms. The predicted molar refractivity (Wildman–Crippen MR) is 95.5 cm³/mol. The maximum Gasteiger partial charge on any atom is 0.193 e. The Hall–Kier alpha value is -0.770. The lowest BCUT2D eigenvalue weighted by atomic mass is 9.96. The quantitative estimate of drug-likeness (QED) is 0.523. The van der Waals surface area contributed by atoms with E-state index in [1.54, 1.807) is 0 Å². The number of ether oxygens (including phenoxy) is 1. The molecule has 0 amide bonds. The van der Waals surface area contributed by atoms with Crippen molar-refractivity contribution in [2.24, 2.45) is 16.8 Å². The number of guanidine groups is 1. The first-order valence-electron chi connectivity index (χ1n) is 9.20. The normalized spacial score (nSPS) is 18.3. The number of nitrogens with one attached hydrogen (secondary N) is 1. The number of unbranched alkanes of at least 4 members (excludes halogenated alkanes) is 1. The third-order valence-electron chi connectivity index (χ3n) is 4.88. The van der Waals surface area contributed by atoms with E-state index in [0.29, 0.717) is 0 Å². The Morgan fingerprint density at radius 1 is 1.32 bits per heavy atom. The highest BCUT2D eigenvalue weighted by molar-refractivity contribution is 5.79. The molecule has 0 aromatic rings. The first-order chi connectivity index (χ1) is 10.7. The van der Waals surface area contributed by atoms with Crippen LogP contribution in [0.2, 0.25) is 0 Å². The number of nitrogens with zero attached hydrogens (tertiary/aromatic N) is 2. The van der Waals surface area contributed by atoms with Gasteiger partial charge < -0.3 is 15.0 Å². The fourth-order valence-electron chi connectivity index (χ4n) is 3.08. The standard InChI is InChI=1S/C18H37N3O/c1-5-7-8-16(6-2)15-20-18(19-3)21(4)12-9-17-10-13-22-14-11-17/h16-17H,5-15H2,1-4H3,(H,19,20). The molecule has 1 fully saturated rings. The lowest BCUT2D eigenvalue weighted by Gasteiger charge is -2.27. The molecule has 1 unspecified atom stereocenters. The van der Waals surface area contributed by atoms with E-state index < -0.39 is 0 Å². The van der Waals surface area contributed by atoms with Crippen molar-refractivity contribution in [2.75, 3.05) is 40.4 Å². The van der Waals surface area contributed by atoms with Gasteiger partial charge >= 0.3 is 0 Å². The molecule has 0 saturated carbocycles. The molecule has 0 spiro atoms. The highest BCUT2D eigenvalue weighted by atomic mass is 16.5. The van der Waals surface area contributed by atoms with Gasteiger partial charge in [-0.25, -0.2) is 0 Å². The van der Waals surface area contributed by atoms with E-state index in [1.165, 1.54) is 44.9 Å². The van der Waals surface area contributed by atoms with E-state index in [2.05, 4.69) is 36.1 Å². The van der Waals surface area contributed by atoms with Crippen molar-refractivity contribution < 1.29 is 4.74 Å². The van der Waals surface area contributed by atoms with Crippen molar-refractivity contribution in [1.82, 2.24) is 10.2 Å². The Bertz CT molecular complexity index is 301. The van der Waals surface area contributed by atoms with E-state index in [1.807, 2.05) is 7.05 Å². The summed E-state index contributed by atoms with van der Waals surface area (Å²) in [6.45, 7) is 8.57. The zero-order valence-electron chi connectivity index (χ0n) is 15.2. The average Bonchev–Trinajstić information content (AvgIpc) is 2.57. The second-order valence-corrected chi connectivity index (χ2v) is 6.61. The van der Waals surface area contributed by atoms with Crippen molar-refractivity contribution in [1.29, 1.82) is 0 Å². The molecular formula is C18H37N3O. The molecule has 1 aliphatic heterocycles. The smallest absolute Gasteiger partial charge is 0.193 e. The molecule has 1 heterocycles. The molecule has 1 atom stereocenters. The molecule has 4 nitrogen and oxygen atoms in total. The lowest BCUT2D eigenvalue weighted by molar-refractivity contribution is 0.0625. The van der Waals surface area contributed by atoms with Crippen LogP contribution in [0.15, 0.2) is 4.99 Å². The second kappa shape index (κ2) is 11.8. The van der Waals surface area contributed by atoms with Gasteiger partial charge in [-0.15, -0.1) is 0 Å². The van der Waals surface area contributed by atoms with Gasteiger partial charge in [-0.3, -0.25) is 4.99 Å². The Morgan fingerprint density at radius 2 is 2.05 bits per heavy atom. The van der Waals surface area contributed by atoms with E-state index in [-0.39, 0.29) is 0 Å². The average molecular weight is 312 g/mol. The zero-order valence-corrected chi connectivity index (χ0v) is 15.2. The maximum absolute atomic E-state index is 5.43. The van der Waals surface area contributed by atoms with Gasteiger partial charge in [0.15, 0.2) is 5.96 Å². The second-order valence-electron chi connectivity index (χ2n) is 6.61. The Labute approximate surface area is 137 Å². The fraction of sp³-hybridized carbons (Fsp3) is 0.944. The summed E-state index contributed by atoms with van der Waals surface area (Å²) in [6, 6.07) is 0. The summed E-state index contributed by atoms with van der Waals surface area (Å²) < 4.78 is 5.43. The Balaban J connectivity index is 2.29. The van der Waals surface area contributed by atoms with Crippen LogP contribution in [-0.2, 0) is 4.74 Å². The molecule has 1 N–H and O–H groups in total. The number of rotatable bonds is 9. The molecule has 1 rings (SSSR count). The molecular weight excluding hydrogens is 274 g/mol. The number of aliphatic imine (C=N–C) groups is 1. The van der Waals surface area contributed by atoms with Crippen LogP contribution in [0, 0.1) is 11.8 Å². The van der Waals surface area contributed by atoms with Crippen LogP contribution in [0.1, 0.15) is 58.8 Å². The van der Waals surface area contributed by atoms with Gasteiger partial charge in [0.05, 0.1) is 0 Å². The van der Waals surface area contributed by atoms with E-state index in [9.17, 15) is 0 Å². The van der Waals surface area contributed by atoms with E-state index in [4.69, 9.17) is 4.74 Å². The molecule has 0 radical (unpaired) electrons. The summed E-state index contributed by atoms with van der Waals surface area (Å²) >= 11 is 0. The summed E-state index contributed by atoms with van der Waals surface area (Å²) in [4.78, 5) is 6.72. The molecule has 1 saturated heterocycles. The lowest BCUT2D eigenvalue weighted by Crippen LogP contribution is -2.42. The van der Waals surface area contributed by atoms with Gasteiger partial charge in [-0.05, 0) is 37.5 Å². The molecule has 130 valence electrons. The minimum atomic E-state index is 0.764. The largest absolute Gasteiger partial charge is 0.381 e. The fourth-order valence-corrected chi connectivity index (χ4v) is 3.08. The van der Waals surface area contributed by atoms with Gasteiger partial charge in [0.25, 0.3) is 0 Å². The minimum Gasteiger partial charge on any atom is -0.381 e. The van der Waals surface area contributed by atoms with Crippen molar-refractivity contribution in [3.05, 3.63) is 0 Å². The van der Waals surface area contributed by atoms with Gasteiger partial charge in [-0.2, -0.15) is 0 Å². The molecule has 4 heteroatoms. The van der Waals surface area contributed by atoms with Crippen LogP contribution in [0.5, 0.6) is 0 Å². The van der Waals surface area contributed by atoms with Crippen molar-refractivity contribution >= 4 is 5.96 Å². The third-order valence-corrected chi connectivity index (χ3v) is 4.88. The first kappa shape index (κ1) is 19.3. The van der Waals surface area contributed by atoms with Gasteiger partial charge in [0.1, 0.15) is 0 Å². The summed E-state index contributed by atoms with van der Waals surface area (Å²) in [5.74, 6) is 2.63. The summed E-state index contributed by atoms with van der Waals surface area (Å²) in [6.07, 6.45) is 8.87. The molecule has 1 aliphatic rings. The van der Waals surface area contributed by atoms with Crippen molar-refractivity contribution in [3.63, 3.8) is 0 Å². The highest BCUT2D eigenvalue weighted by Crippen LogP contribution is 2.18. The van der Waals surface area contributed by atoms with Gasteiger partial charge in [0, 0.05) is 40.4 Å². The van der Waals surface area contributed by atoms with E-state index >= 15 is 0 Å². The predicted octanol–water partition coefficient (Wildman–Crippen LogP) is 3.53. The first-order valence-corrected chi connectivity index (χ1v) is 9.20. The number of hydrogen-bond acceptors (Lipinski definition) is 2. The Morgan fingerprint density at radius 3 is 2.64 bits per heavy atom. The SMILES string of the molecule is CCCCC(CC)CNC(=NC)N(C)CCC1CCOCC1.